The van der Waals surface area contributed by atoms with Crippen LogP contribution in [-0.2, 0) is 4.74 Å². The lowest BCUT2D eigenvalue weighted by Gasteiger charge is -2.48. The average molecular weight is 296 g/mol. The summed E-state index contributed by atoms with van der Waals surface area (Å²) in [6.45, 7) is 12.4. The zero-order valence-electron chi connectivity index (χ0n) is 14.8. The highest BCUT2D eigenvalue weighted by atomic mass is 16.5. The first-order chi connectivity index (χ1) is 9.93. The van der Waals surface area contributed by atoms with Gasteiger partial charge in [-0.1, -0.05) is 27.7 Å². The summed E-state index contributed by atoms with van der Waals surface area (Å²) in [7, 11) is 2.36. The van der Waals surface area contributed by atoms with E-state index in [2.05, 4.69) is 45.0 Å². The molecule has 124 valence electrons. The van der Waals surface area contributed by atoms with Crippen LogP contribution >= 0.6 is 0 Å². The minimum Gasteiger partial charge on any atom is -0.381 e. The van der Waals surface area contributed by atoms with E-state index in [4.69, 9.17) is 4.74 Å². The maximum Gasteiger partial charge on any atom is 0.0480 e. The maximum atomic E-state index is 5.54. The second-order valence-corrected chi connectivity index (χ2v) is 8.12. The van der Waals surface area contributed by atoms with Crippen LogP contribution in [0.1, 0.15) is 59.8 Å². The molecule has 1 saturated carbocycles. The molecule has 2 aliphatic rings. The second-order valence-electron chi connectivity index (χ2n) is 8.12. The van der Waals surface area contributed by atoms with Crippen LogP contribution in [0.2, 0.25) is 0 Å². The van der Waals surface area contributed by atoms with Gasteiger partial charge in [-0.25, -0.2) is 0 Å². The molecule has 1 aliphatic carbocycles. The highest BCUT2D eigenvalue weighted by molar-refractivity contribution is 4.95. The summed E-state index contributed by atoms with van der Waals surface area (Å²) in [4.78, 5) is 2.69. The van der Waals surface area contributed by atoms with Crippen molar-refractivity contribution in [2.24, 2.45) is 11.3 Å². The van der Waals surface area contributed by atoms with E-state index < -0.39 is 0 Å². The van der Waals surface area contributed by atoms with E-state index in [1.54, 1.807) is 0 Å². The van der Waals surface area contributed by atoms with Crippen molar-refractivity contribution in [3.8, 4) is 0 Å². The van der Waals surface area contributed by atoms with Gasteiger partial charge in [-0.2, -0.15) is 0 Å². The van der Waals surface area contributed by atoms with Crippen LogP contribution in [0.5, 0.6) is 0 Å². The molecule has 3 atom stereocenters. The Morgan fingerprint density at radius 3 is 2.33 bits per heavy atom. The Kier molecular flexibility index (Phi) is 6.10. The summed E-state index contributed by atoms with van der Waals surface area (Å²) in [6.07, 6.45) is 6.44. The zero-order chi connectivity index (χ0) is 15.5. The van der Waals surface area contributed by atoms with Gasteiger partial charge < -0.3 is 10.1 Å². The monoisotopic (exact) mass is 296 g/mol. The van der Waals surface area contributed by atoms with Gasteiger partial charge in [0, 0.05) is 31.3 Å². The third kappa shape index (κ3) is 4.43. The topological polar surface area (TPSA) is 24.5 Å². The van der Waals surface area contributed by atoms with E-state index in [0.717, 1.165) is 25.7 Å². The van der Waals surface area contributed by atoms with Crippen molar-refractivity contribution >= 4 is 0 Å². The molecular weight excluding hydrogens is 260 g/mol. The molecule has 0 bridgehead atoms. The number of nitrogens with zero attached hydrogens (tertiary/aromatic N) is 1. The van der Waals surface area contributed by atoms with Crippen LogP contribution in [0.25, 0.3) is 0 Å². The zero-order valence-corrected chi connectivity index (χ0v) is 14.8. The first-order valence-corrected chi connectivity index (χ1v) is 8.96. The molecule has 3 unspecified atom stereocenters. The smallest absolute Gasteiger partial charge is 0.0480 e. The van der Waals surface area contributed by atoms with E-state index in [1.807, 2.05) is 0 Å². The van der Waals surface area contributed by atoms with Crippen LogP contribution in [0.3, 0.4) is 0 Å². The molecule has 2 fully saturated rings. The fraction of sp³-hybridized carbons (Fsp3) is 1.00. The molecule has 0 aromatic rings. The minimum absolute atomic E-state index is 0.436. The van der Waals surface area contributed by atoms with Gasteiger partial charge >= 0.3 is 0 Å². The van der Waals surface area contributed by atoms with Crippen LogP contribution < -0.4 is 5.32 Å². The molecule has 1 saturated heterocycles. The number of likely N-dealkylation sites (N-methyl/N-ethyl adjacent to an activating group) is 2. The van der Waals surface area contributed by atoms with Crippen molar-refractivity contribution in [3.05, 3.63) is 0 Å². The molecule has 0 amide bonds. The van der Waals surface area contributed by atoms with Crippen molar-refractivity contribution in [2.75, 3.05) is 26.8 Å². The number of nitrogens with one attached hydrogen (secondary N) is 1. The summed E-state index contributed by atoms with van der Waals surface area (Å²) in [5.74, 6) is 0.847. The van der Waals surface area contributed by atoms with Gasteiger partial charge in [-0.15, -0.1) is 0 Å². The summed E-state index contributed by atoms with van der Waals surface area (Å²) in [5.41, 5.74) is 0.436. The number of ether oxygens (including phenoxy) is 1. The number of rotatable bonds is 4. The third-order valence-electron chi connectivity index (χ3n) is 5.80. The Hall–Kier alpha value is -0.120. The molecule has 0 aromatic heterocycles. The summed E-state index contributed by atoms with van der Waals surface area (Å²) >= 11 is 0. The fourth-order valence-electron chi connectivity index (χ4n) is 4.25. The maximum absolute atomic E-state index is 5.54. The standard InChI is InChI=1S/C18H36N2O/c1-6-19-16-8-7-14(18(2,3)4)13-17(16)20(5)15-9-11-21-12-10-15/h14-17,19H,6-13H2,1-5H3. The van der Waals surface area contributed by atoms with Crippen molar-refractivity contribution < 1.29 is 4.74 Å². The number of hydrogen-bond acceptors (Lipinski definition) is 3. The summed E-state index contributed by atoms with van der Waals surface area (Å²) in [5, 5.41) is 3.75. The Balaban J connectivity index is 2.05. The molecule has 1 N–H and O–H groups in total. The molecule has 0 aromatic carbocycles. The average Bonchev–Trinajstić information content (AvgIpc) is 2.47. The van der Waals surface area contributed by atoms with Gasteiger partial charge in [0.15, 0.2) is 0 Å². The molecule has 3 heteroatoms. The molecular formula is C18H36N2O. The SMILES string of the molecule is CCNC1CCC(C(C)(C)C)CC1N(C)C1CCOCC1. The highest BCUT2D eigenvalue weighted by Crippen LogP contribution is 2.40. The van der Waals surface area contributed by atoms with Crippen molar-refractivity contribution in [3.63, 3.8) is 0 Å². The van der Waals surface area contributed by atoms with E-state index in [1.165, 1.54) is 32.1 Å². The van der Waals surface area contributed by atoms with Gasteiger partial charge in [0.1, 0.15) is 0 Å². The molecule has 21 heavy (non-hydrogen) atoms. The fourth-order valence-corrected chi connectivity index (χ4v) is 4.25. The van der Waals surface area contributed by atoms with Gasteiger partial charge in [-0.05, 0) is 57.0 Å². The molecule has 0 spiro atoms. The molecule has 2 rings (SSSR count). The first kappa shape index (κ1) is 17.2. The Labute approximate surface area is 131 Å². The number of hydrogen-bond donors (Lipinski definition) is 1. The van der Waals surface area contributed by atoms with Crippen LogP contribution in [0.15, 0.2) is 0 Å². The van der Waals surface area contributed by atoms with E-state index in [0.29, 0.717) is 23.5 Å². The Morgan fingerprint density at radius 2 is 1.76 bits per heavy atom. The summed E-state index contributed by atoms with van der Waals surface area (Å²) < 4.78 is 5.54. The lowest BCUT2D eigenvalue weighted by Crippen LogP contribution is -2.56. The van der Waals surface area contributed by atoms with Gasteiger partial charge in [0.25, 0.3) is 0 Å². The van der Waals surface area contributed by atoms with E-state index >= 15 is 0 Å². The lowest BCUT2D eigenvalue weighted by atomic mass is 9.69. The van der Waals surface area contributed by atoms with Crippen LogP contribution in [-0.4, -0.2) is 49.8 Å². The van der Waals surface area contributed by atoms with E-state index in [-0.39, 0.29) is 0 Å². The quantitative estimate of drug-likeness (QED) is 0.861. The Morgan fingerprint density at radius 1 is 1.10 bits per heavy atom. The third-order valence-corrected chi connectivity index (χ3v) is 5.80. The van der Waals surface area contributed by atoms with Crippen molar-refractivity contribution in [1.29, 1.82) is 0 Å². The van der Waals surface area contributed by atoms with Gasteiger partial charge in [0.2, 0.25) is 0 Å². The van der Waals surface area contributed by atoms with Gasteiger partial charge in [0.05, 0.1) is 0 Å². The Bertz CT molecular complexity index is 307. The molecule has 3 nitrogen and oxygen atoms in total. The minimum atomic E-state index is 0.436. The first-order valence-electron chi connectivity index (χ1n) is 8.96. The van der Waals surface area contributed by atoms with Crippen LogP contribution in [0, 0.1) is 11.3 Å². The molecule has 0 radical (unpaired) electrons. The highest BCUT2D eigenvalue weighted by Gasteiger charge is 2.39. The molecule has 1 aliphatic heterocycles. The largest absolute Gasteiger partial charge is 0.381 e. The normalized spacial score (nSPS) is 32.6. The van der Waals surface area contributed by atoms with Crippen LogP contribution in [0.4, 0.5) is 0 Å². The van der Waals surface area contributed by atoms with Crippen molar-refractivity contribution in [2.45, 2.75) is 77.9 Å². The van der Waals surface area contributed by atoms with E-state index in [9.17, 15) is 0 Å². The summed E-state index contributed by atoms with van der Waals surface area (Å²) in [6, 6.07) is 2.07. The predicted molar refractivity (Wildman–Crippen MR) is 89.7 cm³/mol. The van der Waals surface area contributed by atoms with Crippen molar-refractivity contribution in [1.82, 2.24) is 10.2 Å². The predicted octanol–water partition coefficient (Wildman–Crippen LogP) is 3.29. The lowest BCUT2D eigenvalue weighted by molar-refractivity contribution is -0.00153. The molecule has 1 heterocycles. The second kappa shape index (κ2) is 7.43. The van der Waals surface area contributed by atoms with Gasteiger partial charge in [-0.3, -0.25) is 4.90 Å².